The maximum atomic E-state index is 12.6. The summed E-state index contributed by atoms with van der Waals surface area (Å²) in [7, 11) is -2.01. The van der Waals surface area contributed by atoms with Crippen LogP contribution in [0.25, 0.3) is 10.8 Å². The molecule has 0 atom stereocenters. The largest absolute Gasteiger partial charge is 0.348 e. The Morgan fingerprint density at radius 1 is 0.962 bits per heavy atom. The Balaban J connectivity index is 1.80. The number of para-hydroxylation sites is 1. The van der Waals surface area contributed by atoms with Crippen LogP contribution >= 0.6 is 0 Å². The van der Waals surface area contributed by atoms with Crippen molar-refractivity contribution in [2.75, 3.05) is 17.6 Å². The Morgan fingerprint density at radius 3 is 2.35 bits per heavy atom. The number of sulfonamides is 1. The molecule has 3 aromatic rings. The van der Waals surface area contributed by atoms with Crippen LogP contribution in [0.2, 0.25) is 0 Å². The van der Waals surface area contributed by atoms with Gasteiger partial charge >= 0.3 is 0 Å². The SMILES string of the molecule is CN(c1ccccc1C(=O)NCc1ccc2ccccc2c1)S(C)(=O)=O. The number of carbonyl (C=O) groups excluding carboxylic acids is 1. The first kappa shape index (κ1) is 17.9. The summed E-state index contributed by atoms with van der Waals surface area (Å²) >= 11 is 0. The zero-order chi connectivity index (χ0) is 18.7. The number of hydrogen-bond acceptors (Lipinski definition) is 3. The zero-order valence-electron chi connectivity index (χ0n) is 14.6. The normalized spacial score (nSPS) is 11.3. The van der Waals surface area contributed by atoms with E-state index in [0.29, 0.717) is 17.8 Å². The van der Waals surface area contributed by atoms with E-state index in [1.807, 2.05) is 42.5 Å². The number of anilines is 1. The van der Waals surface area contributed by atoms with Crippen molar-refractivity contribution in [3.05, 3.63) is 77.9 Å². The first-order chi connectivity index (χ1) is 12.4. The van der Waals surface area contributed by atoms with Gasteiger partial charge in [0.05, 0.1) is 17.5 Å². The summed E-state index contributed by atoms with van der Waals surface area (Å²) in [5, 5.41) is 5.12. The predicted octanol–water partition coefficient (Wildman–Crippen LogP) is 3.17. The van der Waals surface area contributed by atoms with E-state index in [9.17, 15) is 13.2 Å². The smallest absolute Gasteiger partial charge is 0.253 e. The molecule has 6 heteroatoms. The molecule has 0 aliphatic carbocycles. The van der Waals surface area contributed by atoms with E-state index in [0.717, 1.165) is 26.9 Å². The highest BCUT2D eigenvalue weighted by Gasteiger charge is 2.19. The molecule has 134 valence electrons. The number of nitrogens with zero attached hydrogens (tertiary/aromatic N) is 1. The summed E-state index contributed by atoms with van der Waals surface area (Å²) < 4.78 is 24.7. The van der Waals surface area contributed by atoms with Crippen molar-refractivity contribution >= 4 is 32.4 Å². The molecular weight excluding hydrogens is 348 g/mol. The van der Waals surface area contributed by atoms with Crippen molar-refractivity contribution in [3.63, 3.8) is 0 Å². The van der Waals surface area contributed by atoms with Crippen molar-refractivity contribution in [1.82, 2.24) is 5.32 Å². The van der Waals surface area contributed by atoms with Crippen LogP contribution in [0.4, 0.5) is 5.69 Å². The van der Waals surface area contributed by atoms with Crippen molar-refractivity contribution in [2.45, 2.75) is 6.54 Å². The molecule has 0 bridgehead atoms. The fourth-order valence-electron chi connectivity index (χ4n) is 2.75. The number of amides is 1. The lowest BCUT2D eigenvalue weighted by atomic mass is 10.1. The summed E-state index contributed by atoms with van der Waals surface area (Å²) in [4.78, 5) is 12.6. The van der Waals surface area contributed by atoms with Crippen LogP contribution in [-0.2, 0) is 16.6 Å². The molecule has 0 spiro atoms. The standard InChI is InChI=1S/C20H20N2O3S/c1-22(26(2,24)25)19-10-6-5-9-18(19)20(23)21-14-15-11-12-16-7-3-4-8-17(16)13-15/h3-13H,14H2,1-2H3,(H,21,23). The monoisotopic (exact) mass is 368 g/mol. The molecule has 0 saturated carbocycles. The topological polar surface area (TPSA) is 66.5 Å². The molecule has 0 radical (unpaired) electrons. The minimum Gasteiger partial charge on any atom is -0.348 e. The Kier molecular flexibility index (Phi) is 4.95. The molecule has 0 aliphatic heterocycles. The Morgan fingerprint density at radius 2 is 1.62 bits per heavy atom. The second-order valence-electron chi connectivity index (χ2n) is 6.11. The highest BCUT2D eigenvalue weighted by molar-refractivity contribution is 7.92. The van der Waals surface area contributed by atoms with Gasteiger partial charge in [0.25, 0.3) is 5.91 Å². The van der Waals surface area contributed by atoms with Gasteiger partial charge in [0.15, 0.2) is 0 Å². The van der Waals surface area contributed by atoms with E-state index < -0.39 is 10.0 Å². The first-order valence-electron chi connectivity index (χ1n) is 8.15. The van der Waals surface area contributed by atoms with Gasteiger partial charge in [0, 0.05) is 13.6 Å². The summed E-state index contributed by atoms with van der Waals surface area (Å²) in [6, 6.07) is 20.7. The molecule has 0 saturated heterocycles. The molecule has 1 amide bonds. The zero-order valence-corrected chi connectivity index (χ0v) is 15.5. The fraction of sp³-hybridized carbons (Fsp3) is 0.150. The van der Waals surface area contributed by atoms with E-state index in [1.54, 1.807) is 24.3 Å². The summed E-state index contributed by atoms with van der Waals surface area (Å²) in [5.41, 5.74) is 1.65. The molecule has 0 aliphatic rings. The highest BCUT2D eigenvalue weighted by atomic mass is 32.2. The summed E-state index contributed by atoms with van der Waals surface area (Å²) in [5.74, 6) is -0.316. The molecule has 0 aromatic heterocycles. The highest BCUT2D eigenvalue weighted by Crippen LogP contribution is 2.21. The minimum absolute atomic E-state index is 0.316. The molecule has 26 heavy (non-hydrogen) atoms. The lowest BCUT2D eigenvalue weighted by molar-refractivity contribution is 0.0951. The molecule has 0 unspecified atom stereocenters. The van der Waals surface area contributed by atoms with Crippen LogP contribution in [0, 0.1) is 0 Å². The maximum Gasteiger partial charge on any atom is 0.253 e. The lowest BCUT2D eigenvalue weighted by Gasteiger charge is -2.19. The predicted molar refractivity (Wildman–Crippen MR) is 105 cm³/mol. The number of rotatable bonds is 5. The van der Waals surface area contributed by atoms with E-state index in [-0.39, 0.29) is 5.91 Å². The molecule has 3 rings (SSSR count). The van der Waals surface area contributed by atoms with Gasteiger partial charge < -0.3 is 5.32 Å². The van der Waals surface area contributed by atoms with Crippen LogP contribution in [-0.4, -0.2) is 27.6 Å². The molecule has 0 fully saturated rings. The third kappa shape index (κ3) is 3.86. The van der Waals surface area contributed by atoms with Crippen molar-refractivity contribution in [3.8, 4) is 0 Å². The van der Waals surface area contributed by atoms with Crippen molar-refractivity contribution in [2.24, 2.45) is 0 Å². The van der Waals surface area contributed by atoms with E-state index in [1.165, 1.54) is 7.05 Å². The fourth-order valence-corrected chi connectivity index (χ4v) is 3.26. The van der Waals surface area contributed by atoms with Gasteiger partial charge in [0.2, 0.25) is 10.0 Å². The van der Waals surface area contributed by atoms with Crippen LogP contribution in [0.5, 0.6) is 0 Å². The molecular formula is C20H20N2O3S. The van der Waals surface area contributed by atoms with E-state index in [2.05, 4.69) is 5.32 Å². The summed E-state index contributed by atoms with van der Waals surface area (Å²) in [6.45, 7) is 0.362. The number of hydrogen-bond donors (Lipinski definition) is 1. The van der Waals surface area contributed by atoms with Crippen LogP contribution in [0.1, 0.15) is 15.9 Å². The number of carbonyl (C=O) groups is 1. The first-order valence-corrected chi connectivity index (χ1v) is 10.00. The number of nitrogens with one attached hydrogen (secondary N) is 1. The van der Waals surface area contributed by atoms with E-state index >= 15 is 0 Å². The quantitative estimate of drug-likeness (QED) is 0.752. The Bertz CT molecular complexity index is 1060. The van der Waals surface area contributed by atoms with E-state index in [4.69, 9.17) is 0 Å². The Hall–Kier alpha value is -2.86. The average molecular weight is 368 g/mol. The maximum absolute atomic E-state index is 12.6. The number of fused-ring (bicyclic) bond motifs is 1. The van der Waals surface area contributed by atoms with Gasteiger partial charge in [-0.25, -0.2) is 8.42 Å². The van der Waals surface area contributed by atoms with Crippen molar-refractivity contribution in [1.29, 1.82) is 0 Å². The summed E-state index contributed by atoms with van der Waals surface area (Å²) in [6.07, 6.45) is 1.11. The van der Waals surface area contributed by atoms with Gasteiger partial charge in [-0.2, -0.15) is 0 Å². The second-order valence-corrected chi connectivity index (χ2v) is 8.13. The minimum atomic E-state index is -3.45. The lowest BCUT2D eigenvalue weighted by Crippen LogP contribution is -2.29. The molecule has 1 N–H and O–H groups in total. The second kappa shape index (κ2) is 7.17. The van der Waals surface area contributed by atoms with Gasteiger partial charge in [0.1, 0.15) is 0 Å². The number of benzene rings is 3. The average Bonchev–Trinajstić information content (AvgIpc) is 2.64. The molecule has 5 nitrogen and oxygen atoms in total. The van der Waals surface area contributed by atoms with Gasteiger partial charge in [-0.15, -0.1) is 0 Å². The van der Waals surface area contributed by atoms with Crippen LogP contribution in [0.15, 0.2) is 66.7 Å². The van der Waals surface area contributed by atoms with Gasteiger partial charge in [-0.3, -0.25) is 9.10 Å². The third-order valence-electron chi connectivity index (χ3n) is 4.25. The van der Waals surface area contributed by atoms with Crippen LogP contribution < -0.4 is 9.62 Å². The molecule has 3 aromatic carbocycles. The van der Waals surface area contributed by atoms with Gasteiger partial charge in [-0.1, -0.05) is 48.5 Å². The Labute approximate surface area is 153 Å². The molecule has 0 heterocycles. The van der Waals surface area contributed by atoms with Crippen molar-refractivity contribution < 1.29 is 13.2 Å². The van der Waals surface area contributed by atoms with Crippen LogP contribution in [0.3, 0.4) is 0 Å². The third-order valence-corrected chi connectivity index (χ3v) is 5.44. The van der Waals surface area contributed by atoms with Gasteiger partial charge in [-0.05, 0) is 34.5 Å².